The summed E-state index contributed by atoms with van der Waals surface area (Å²) in [5, 5.41) is 0. The molecule has 1 heterocycles. The third kappa shape index (κ3) is 11.4. The fourth-order valence-corrected chi connectivity index (χ4v) is 3.18. The Balaban J connectivity index is 1.85. The molecule has 2 nitrogen and oxygen atoms in total. The molecule has 0 aliphatic rings. The molecule has 134 valence electrons. The maximum absolute atomic E-state index is 2.35. The highest BCUT2D eigenvalue weighted by Gasteiger charge is 2.02. The Morgan fingerprint density at radius 1 is 0.652 bits per heavy atom. The maximum atomic E-state index is 2.35. The van der Waals surface area contributed by atoms with Crippen molar-refractivity contribution in [3.8, 4) is 0 Å². The van der Waals surface area contributed by atoms with Crippen molar-refractivity contribution in [3.63, 3.8) is 0 Å². The highest BCUT2D eigenvalue weighted by atomic mass is 15.1. The summed E-state index contributed by atoms with van der Waals surface area (Å²) in [6.45, 7) is 6.91. The number of hydrogen-bond donors (Lipinski definition) is 0. The summed E-state index contributed by atoms with van der Waals surface area (Å²) in [5.41, 5.74) is 0. The van der Waals surface area contributed by atoms with E-state index >= 15 is 0 Å². The van der Waals surface area contributed by atoms with E-state index in [0.29, 0.717) is 0 Å². The fourth-order valence-electron chi connectivity index (χ4n) is 3.18. The van der Waals surface area contributed by atoms with Crippen molar-refractivity contribution in [2.75, 3.05) is 0 Å². The molecule has 0 aromatic carbocycles. The first-order chi connectivity index (χ1) is 11.4. The summed E-state index contributed by atoms with van der Waals surface area (Å²) in [4.78, 5) is 0. The molecule has 0 aliphatic carbocycles. The molecule has 0 saturated carbocycles. The lowest BCUT2D eigenvalue weighted by Gasteiger charge is -2.02. The molecule has 1 aromatic rings. The zero-order chi connectivity index (χ0) is 16.6. The van der Waals surface area contributed by atoms with Gasteiger partial charge in [0.15, 0.2) is 0 Å². The average molecular weight is 322 g/mol. The predicted molar refractivity (Wildman–Crippen MR) is 101 cm³/mol. The molecule has 0 aliphatic heterocycles. The van der Waals surface area contributed by atoms with Gasteiger partial charge in [-0.2, -0.15) is 0 Å². The van der Waals surface area contributed by atoms with Crippen molar-refractivity contribution < 1.29 is 4.57 Å². The molecule has 0 fully saturated rings. The molecule has 1 rings (SSSR count). The Hall–Kier alpha value is -0.790. The molecule has 23 heavy (non-hydrogen) atoms. The normalized spacial score (nSPS) is 11.2. The number of aromatic nitrogens is 2. The van der Waals surface area contributed by atoms with Gasteiger partial charge in [0.2, 0.25) is 6.33 Å². The summed E-state index contributed by atoms with van der Waals surface area (Å²) in [7, 11) is 0. The van der Waals surface area contributed by atoms with Crippen molar-refractivity contribution in [2.45, 2.75) is 117 Å². The summed E-state index contributed by atoms with van der Waals surface area (Å²) >= 11 is 0. The van der Waals surface area contributed by atoms with Gasteiger partial charge in [0, 0.05) is 0 Å². The van der Waals surface area contributed by atoms with E-state index in [9.17, 15) is 0 Å². The van der Waals surface area contributed by atoms with E-state index in [4.69, 9.17) is 0 Å². The lowest BCUT2D eigenvalue weighted by atomic mass is 10.1. The maximum Gasteiger partial charge on any atom is 0.243 e. The van der Waals surface area contributed by atoms with E-state index in [-0.39, 0.29) is 0 Å². The first-order valence-corrected chi connectivity index (χ1v) is 10.4. The summed E-state index contributed by atoms with van der Waals surface area (Å²) in [6.07, 6.45) is 26.4. The van der Waals surface area contributed by atoms with Crippen molar-refractivity contribution >= 4 is 0 Å². The van der Waals surface area contributed by atoms with Gasteiger partial charge in [-0.25, -0.2) is 9.13 Å². The minimum absolute atomic E-state index is 1.17. The van der Waals surface area contributed by atoms with E-state index in [1.165, 1.54) is 103 Å². The molecule has 0 unspecified atom stereocenters. The van der Waals surface area contributed by atoms with Crippen LogP contribution in [-0.4, -0.2) is 4.57 Å². The Morgan fingerprint density at radius 2 is 1.17 bits per heavy atom. The highest BCUT2D eigenvalue weighted by molar-refractivity contribution is 4.66. The minimum Gasteiger partial charge on any atom is -0.237 e. The average Bonchev–Trinajstić information content (AvgIpc) is 3.02. The standard InChI is InChI=1S/C21H41N2/c1-3-5-7-8-9-10-11-12-13-14-15-16-18-23-20-19-22(21-23)17-6-4-2/h19-21H,3-18H2,1-2H3/q+1. The smallest absolute Gasteiger partial charge is 0.237 e. The molecule has 0 amide bonds. The lowest BCUT2D eigenvalue weighted by molar-refractivity contribution is -0.696. The zero-order valence-corrected chi connectivity index (χ0v) is 15.9. The van der Waals surface area contributed by atoms with E-state index in [0.717, 1.165) is 0 Å². The molecule has 0 saturated heterocycles. The van der Waals surface area contributed by atoms with Crippen LogP contribution in [0.1, 0.15) is 104 Å². The first kappa shape index (κ1) is 20.3. The summed E-state index contributed by atoms with van der Waals surface area (Å²) < 4.78 is 4.68. The van der Waals surface area contributed by atoms with Crippen molar-refractivity contribution in [1.29, 1.82) is 0 Å². The van der Waals surface area contributed by atoms with Crippen LogP contribution in [0.3, 0.4) is 0 Å². The quantitative estimate of drug-likeness (QED) is 0.250. The molecule has 0 spiro atoms. The van der Waals surface area contributed by atoms with Gasteiger partial charge in [-0.3, -0.25) is 0 Å². The van der Waals surface area contributed by atoms with Gasteiger partial charge in [0.1, 0.15) is 12.4 Å². The van der Waals surface area contributed by atoms with E-state index in [1.54, 1.807) is 0 Å². The van der Waals surface area contributed by atoms with Crippen molar-refractivity contribution in [3.05, 3.63) is 18.7 Å². The summed E-state index contributed by atoms with van der Waals surface area (Å²) in [6, 6.07) is 0. The van der Waals surface area contributed by atoms with Gasteiger partial charge in [-0.05, 0) is 19.3 Å². The Morgan fingerprint density at radius 3 is 1.74 bits per heavy atom. The summed E-state index contributed by atoms with van der Waals surface area (Å²) in [5.74, 6) is 0. The van der Waals surface area contributed by atoms with Crippen LogP contribution in [0.5, 0.6) is 0 Å². The second-order valence-electron chi connectivity index (χ2n) is 7.13. The second-order valence-corrected chi connectivity index (χ2v) is 7.13. The number of rotatable bonds is 16. The lowest BCUT2D eigenvalue weighted by Crippen LogP contribution is -2.30. The van der Waals surface area contributed by atoms with Crippen LogP contribution in [0.4, 0.5) is 0 Å². The van der Waals surface area contributed by atoms with Gasteiger partial charge < -0.3 is 0 Å². The molecule has 0 atom stereocenters. The van der Waals surface area contributed by atoms with Crippen LogP contribution in [0.25, 0.3) is 0 Å². The number of nitrogens with zero attached hydrogens (tertiary/aromatic N) is 2. The van der Waals surface area contributed by atoms with Crippen LogP contribution in [0, 0.1) is 0 Å². The van der Waals surface area contributed by atoms with Gasteiger partial charge in [0.05, 0.1) is 13.1 Å². The third-order valence-corrected chi connectivity index (χ3v) is 4.79. The van der Waals surface area contributed by atoms with Gasteiger partial charge in [-0.15, -0.1) is 0 Å². The van der Waals surface area contributed by atoms with Crippen LogP contribution in [-0.2, 0) is 13.1 Å². The molecule has 0 bridgehead atoms. The third-order valence-electron chi connectivity index (χ3n) is 4.79. The van der Waals surface area contributed by atoms with Crippen LogP contribution in [0.15, 0.2) is 18.7 Å². The first-order valence-electron chi connectivity index (χ1n) is 10.4. The Kier molecular flexibility index (Phi) is 13.0. The SMILES string of the molecule is CCCCCCCCCCCCCCn1cc[n+](CCCC)c1. The number of hydrogen-bond acceptors (Lipinski definition) is 0. The van der Waals surface area contributed by atoms with Crippen molar-refractivity contribution in [2.24, 2.45) is 0 Å². The fraction of sp³-hybridized carbons (Fsp3) is 0.857. The molecule has 1 aromatic heterocycles. The molecule has 0 N–H and O–H groups in total. The predicted octanol–water partition coefficient (Wildman–Crippen LogP) is 6.28. The van der Waals surface area contributed by atoms with Gasteiger partial charge >= 0.3 is 0 Å². The molecular formula is C21H41N2+. The largest absolute Gasteiger partial charge is 0.243 e. The van der Waals surface area contributed by atoms with E-state index in [1.807, 2.05) is 0 Å². The van der Waals surface area contributed by atoms with Crippen LogP contribution >= 0.6 is 0 Å². The van der Waals surface area contributed by atoms with E-state index in [2.05, 4.69) is 41.7 Å². The number of aryl methyl sites for hydroxylation is 2. The Labute approximate surface area is 145 Å². The van der Waals surface area contributed by atoms with E-state index < -0.39 is 0 Å². The topological polar surface area (TPSA) is 8.81 Å². The second kappa shape index (κ2) is 14.8. The van der Waals surface area contributed by atoms with Gasteiger partial charge in [0.25, 0.3) is 0 Å². The Bertz CT molecular complexity index is 356. The highest BCUT2D eigenvalue weighted by Crippen LogP contribution is 2.12. The van der Waals surface area contributed by atoms with Gasteiger partial charge in [-0.1, -0.05) is 84.5 Å². The molecule has 0 radical (unpaired) electrons. The van der Waals surface area contributed by atoms with Crippen LogP contribution < -0.4 is 4.57 Å². The monoisotopic (exact) mass is 321 g/mol. The van der Waals surface area contributed by atoms with Crippen LogP contribution in [0.2, 0.25) is 0 Å². The number of unbranched alkanes of at least 4 members (excludes halogenated alkanes) is 12. The molecular weight excluding hydrogens is 280 g/mol. The van der Waals surface area contributed by atoms with Crippen molar-refractivity contribution in [1.82, 2.24) is 4.57 Å². The zero-order valence-electron chi connectivity index (χ0n) is 15.9. The molecule has 2 heteroatoms. The minimum atomic E-state index is 1.17. The number of imidazole rings is 1.